The molecule has 0 aliphatic heterocycles. The Hall–Kier alpha value is -4.10. The molecule has 0 radical (unpaired) electrons. The van der Waals surface area contributed by atoms with Gasteiger partial charge in [-0.25, -0.2) is 0 Å². The summed E-state index contributed by atoms with van der Waals surface area (Å²) >= 11 is 0. The monoisotopic (exact) mass is 730 g/mol. The highest BCUT2D eigenvalue weighted by molar-refractivity contribution is 5.88. The van der Waals surface area contributed by atoms with Crippen LogP contribution in [0.25, 0.3) is 22.3 Å². The van der Waals surface area contributed by atoms with Gasteiger partial charge in [-0.05, 0) is 120 Å². The van der Waals surface area contributed by atoms with Gasteiger partial charge in [0.25, 0.3) is 0 Å². The first kappa shape index (κ1) is 39.1. The fourth-order valence-corrected chi connectivity index (χ4v) is 10.5. The van der Waals surface area contributed by atoms with Crippen molar-refractivity contribution in [3.8, 4) is 22.3 Å². The third kappa shape index (κ3) is 7.46. The molecule has 2 aliphatic carbocycles. The first-order valence-electron chi connectivity index (χ1n) is 22.3. The van der Waals surface area contributed by atoms with E-state index in [2.05, 4.69) is 150 Å². The Labute approximate surface area is 334 Å². The largest absolute Gasteiger partial charge is 0.310 e. The fraction of sp³-hybridized carbons (Fsp3) is 0.444. The van der Waals surface area contributed by atoms with Gasteiger partial charge in [0.1, 0.15) is 0 Å². The average Bonchev–Trinajstić information content (AvgIpc) is 3.61. The molecular weight excluding hydrogens is 663 g/mol. The predicted octanol–water partition coefficient (Wildman–Crippen LogP) is 16.6. The van der Waals surface area contributed by atoms with Gasteiger partial charge in [-0.1, -0.05) is 183 Å². The third-order valence-electron chi connectivity index (χ3n) is 13.4. The van der Waals surface area contributed by atoms with Crippen molar-refractivity contribution < 1.29 is 0 Å². The smallest absolute Gasteiger partial charge is 0.0465 e. The number of fused-ring (bicyclic) bond motifs is 6. The molecule has 0 amide bonds. The van der Waals surface area contributed by atoms with Gasteiger partial charge in [-0.2, -0.15) is 0 Å². The molecule has 288 valence electrons. The summed E-state index contributed by atoms with van der Waals surface area (Å²) in [6.07, 6.45) is 20.1. The van der Waals surface area contributed by atoms with Crippen molar-refractivity contribution in [1.82, 2.24) is 0 Å². The van der Waals surface area contributed by atoms with Crippen LogP contribution in [0.3, 0.4) is 0 Å². The molecule has 1 heteroatoms. The van der Waals surface area contributed by atoms with E-state index in [9.17, 15) is 0 Å². The second-order valence-electron chi connectivity index (χ2n) is 17.2. The Balaban J connectivity index is 1.41. The zero-order valence-corrected chi connectivity index (χ0v) is 35.1. The van der Waals surface area contributed by atoms with Gasteiger partial charge < -0.3 is 4.90 Å². The van der Waals surface area contributed by atoms with Crippen molar-refractivity contribution in [2.45, 2.75) is 155 Å². The van der Waals surface area contributed by atoms with Gasteiger partial charge in [-0.15, -0.1) is 0 Å². The Kier molecular flexibility index (Phi) is 12.4. The van der Waals surface area contributed by atoms with Gasteiger partial charge in [0.2, 0.25) is 0 Å². The number of hydrogen-bond donors (Lipinski definition) is 0. The molecule has 1 nitrogen and oxygen atoms in total. The molecule has 0 fully saturated rings. The van der Waals surface area contributed by atoms with Gasteiger partial charge in [-0.3, -0.25) is 0 Å². The van der Waals surface area contributed by atoms with Crippen LogP contribution in [0.4, 0.5) is 17.1 Å². The lowest BCUT2D eigenvalue weighted by Crippen LogP contribution is -2.26. The van der Waals surface area contributed by atoms with E-state index >= 15 is 0 Å². The number of anilines is 3. The average molecular weight is 730 g/mol. The fourth-order valence-electron chi connectivity index (χ4n) is 10.5. The molecule has 0 saturated heterocycles. The molecule has 7 rings (SSSR count). The van der Waals surface area contributed by atoms with E-state index in [0.717, 1.165) is 0 Å². The van der Waals surface area contributed by atoms with Crippen LogP contribution in [0.2, 0.25) is 0 Å². The molecule has 55 heavy (non-hydrogen) atoms. The van der Waals surface area contributed by atoms with Crippen LogP contribution in [0.5, 0.6) is 0 Å². The highest BCUT2D eigenvalue weighted by atomic mass is 15.1. The summed E-state index contributed by atoms with van der Waals surface area (Å²) in [7, 11) is 0. The predicted molar refractivity (Wildman–Crippen MR) is 240 cm³/mol. The van der Waals surface area contributed by atoms with E-state index in [-0.39, 0.29) is 10.8 Å². The molecule has 0 atom stereocenters. The molecule has 5 aromatic carbocycles. The summed E-state index contributed by atoms with van der Waals surface area (Å²) in [5, 5.41) is 0. The number of unbranched alkanes of at least 4 members (excludes halogenated alkanes) is 8. The summed E-state index contributed by atoms with van der Waals surface area (Å²) < 4.78 is 0. The second-order valence-corrected chi connectivity index (χ2v) is 17.2. The minimum Gasteiger partial charge on any atom is -0.310 e. The number of para-hydroxylation sites is 1. The van der Waals surface area contributed by atoms with E-state index < -0.39 is 0 Å². The Morgan fingerprint density at radius 1 is 0.364 bits per heavy atom. The van der Waals surface area contributed by atoms with E-state index in [1.807, 2.05) is 0 Å². The second kappa shape index (κ2) is 17.4. The summed E-state index contributed by atoms with van der Waals surface area (Å²) in [5.74, 6) is 0. The summed E-state index contributed by atoms with van der Waals surface area (Å²) in [6.45, 7) is 14.0. The van der Waals surface area contributed by atoms with Gasteiger partial charge in [0, 0.05) is 27.9 Å². The maximum Gasteiger partial charge on any atom is 0.0465 e. The maximum atomic E-state index is 2.62. The standard InChI is InChI=1S/C54H67N/c1-7-11-18-32-53(33-19-12-8-2)49-36-40(5)24-28-45(49)47-30-26-43(38-51(47)53)55(42-22-16-15-17-23-42)44-27-31-48-46-29-25-41(6)37-50(46)54(52(48)39-44,34-20-13-9-3)35-21-14-10-4/h15-17,22-31,36-39H,7-14,18-21,32-35H2,1-6H3. The lowest BCUT2D eigenvalue weighted by atomic mass is 9.70. The van der Waals surface area contributed by atoms with Crippen molar-refractivity contribution >= 4 is 17.1 Å². The number of benzene rings is 5. The first-order chi connectivity index (χ1) is 26.9. The lowest BCUT2D eigenvalue weighted by molar-refractivity contribution is 0.405. The lowest BCUT2D eigenvalue weighted by Gasteiger charge is -2.35. The summed E-state index contributed by atoms with van der Waals surface area (Å²) in [4.78, 5) is 2.58. The van der Waals surface area contributed by atoms with Crippen molar-refractivity contribution in [3.63, 3.8) is 0 Å². The number of aryl methyl sites for hydroxylation is 2. The van der Waals surface area contributed by atoms with E-state index in [1.165, 1.54) is 153 Å². The molecule has 0 unspecified atom stereocenters. The van der Waals surface area contributed by atoms with Gasteiger partial charge in [0.15, 0.2) is 0 Å². The van der Waals surface area contributed by atoms with E-state index in [4.69, 9.17) is 0 Å². The van der Waals surface area contributed by atoms with Crippen LogP contribution in [-0.2, 0) is 10.8 Å². The molecule has 0 bridgehead atoms. The molecule has 0 aromatic heterocycles. The van der Waals surface area contributed by atoms with Crippen molar-refractivity contribution in [2.24, 2.45) is 0 Å². The topological polar surface area (TPSA) is 3.24 Å². The SMILES string of the molecule is CCCCCC1(CCCCC)c2cc(C)ccc2-c2ccc(N(c3ccccc3)c3ccc4c(c3)C(CCCCC)(CCCCC)c3cc(C)ccc3-4)cc21. The zero-order valence-electron chi connectivity index (χ0n) is 35.1. The minimum absolute atomic E-state index is 0.0462. The summed E-state index contributed by atoms with van der Waals surface area (Å²) in [6, 6.07) is 40.8. The van der Waals surface area contributed by atoms with Crippen molar-refractivity contribution in [1.29, 1.82) is 0 Å². The number of nitrogens with zero attached hydrogens (tertiary/aromatic N) is 1. The first-order valence-corrected chi connectivity index (χ1v) is 22.3. The molecular formula is C54H67N. The van der Waals surface area contributed by atoms with Crippen molar-refractivity contribution in [3.05, 3.63) is 137 Å². The minimum atomic E-state index is 0.0462. The normalized spacial score (nSPS) is 14.4. The van der Waals surface area contributed by atoms with Crippen LogP contribution < -0.4 is 4.90 Å². The maximum absolute atomic E-state index is 2.62. The highest BCUT2D eigenvalue weighted by Gasteiger charge is 2.44. The quantitative estimate of drug-likeness (QED) is 0.0765. The molecule has 0 spiro atoms. The molecule has 0 saturated carbocycles. The Morgan fingerprint density at radius 3 is 1.07 bits per heavy atom. The number of hydrogen-bond acceptors (Lipinski definition) is 1. The Morgan fingerprint density at radius 2 is 0.709 bits per heavy atom. The van der Waals surface area contributed by atoms with Crippen LogP contribution in [0.1, 0.15) is 164 Å². The van der Waals surface area contributed by atoms with Crippen molar-refractivity contribution in [2.75, 3.05) is 4.90 Å². The molecule has 0 heterocycles. The van der Waals surface area contributed by atoms with E-state index in [0.29, 0.717) is 0 Å². The van der Waals surface area contributed by atoms with Gasteiger partial charge in [0.05, 0.1) is 0 Å². The van der Waals surface area contributed by atoms with E-state index in [1.54, 1.807) is 22.3 Å². The zero-order chi connectivity index (χ0) is 38.4. The van der Waals surface area contributed by atoms with Crippen LogP contribution in [0, 0.1) is 13.8 Å². The molecule has 2 aliphatic rings. The number of rotatable bonds is 19. The van der Waals surface area contributed by atoms with Crippen LogP contribution in [-0.4, -0.2) is 0 Å². The highest BCUT2D eigenvalue weighted by Crippen LogP contribution is 2.58. The molecule has 5 aromatic rings. The van der Waals surface area contributed by atoms with Gasteiger partial charge >= 0.3 is 0 Å². The third-order valence-corrected chi connectivity index (χ3v) is 13.4. The molecule has 0 N–H and O–H groups in total. The van der Waals surface area contributed by atoms with Crippen LogP contribution >= 0.6 is 0 Å². The van der Waals surface area contributed by atoms with Crippen LogP contribution in [0.15, 0.2) is 103 Å². The Bertz CT molecular complexity index is 1900. The summed E-state index contributed by atoms with van der Waals surface area (Å²) in [5.41, 5.74) is 18.7.